The number of halogens is 2. The van der Waals surface area contributed by atoms with Gasteiger partial charge in [-0.25, -0.2) is 25.9 Å². The summed E-state index contributed by atoms with van der Waals surface area (Å²) < 4.78 is 70.9. The van der Waals surface area contributed by atoms with Crippen molar-refractivity contribution in [3.05, 3.63) is 24.0 Å². The van der Waals surface area contributed by atoms with Crippen molar-refractivity contribution in [1.82, 2.24) is 10.0 Å². The molecule has 12 heteroatoms. The van der Waals surface area contributed by atoms with Crippen LogP contribution in [-0.4, -0.2) is 55.4 Å². The Bertz CT molecular complexity index is 827. The summed E-state index contributed by atoms with van der Waals surface area (Å²) in [6.45, 7) is 1.15. The Kier molecular flexibility index (Phi) is 7.81. The minimum Gasteiger partial charge on any atom is -0.383 e. The average molecular weight is 432 g/mol. The zero-order chi connectivity index (χ0) is 18.7. The molecule has 1 aromatic carbocycles. The number of anilines is 1. The second-order valence-electron chi connectivity index (χ2n) is 6.09. The molecule has 1 heterocycles. The predicted octanol–water partition coefficient (Wildman–Crippen LogP) is 0.666. The molecular formula is C14H23ClFN3O5S2. The van der Waals surface area contributed by atoms with Crippen LogP contribution in [-0.2, 0) is 24.8 Å². The lowest BCUT2D eigenvalue weighted by molar-refractivity contribution is 0.122. The highest BCUT2D eigenvalue weighted by Gasteiger charge is 2.35. The highest BCUT2D eigenvalue weighted by molar-refractivity contribution is 7.92. The van der Waals surface area contributed by atoms with Gasteiger partial charge in [0.05, 0.1) is 24.1 Å². The van der Waals surface area contributed by atoms with Gasteiger partial charge in [-0.1, -0.05) is 0 Å². The minimum absolute atomic E-state index is 0. The van der Waals surface area contributed by atoms with E-state index in [-0.39, 0.29) is 24.6 Å². The molecule has 1 aromatic rings. The number of nitrogens with one attached hydrogen (secondary N) is 3. The van der Waals surface area contributed by atoms with Crippen molar-refractivity contribution in [2.45, 2.75) is 23.3 Å². The largest absolute Gasteiger partial charge is 0.383 e. The summed E-state index contributed by atoms with van der Waals surface area (Å²) in [5, 5.41) is 3.22. The minimum atomic E-state index is -4.09. The van der Waals surface area contributed by atoms with E-state index >= 15 is 0 Å². The van der Waals surface area contributed by atoms with E-state index in [1.807, 2.05) is 0 Å². The lowest BCUT2D eigenvalue weighted by Gasteiger charge is -2.28. The Balaban J connectivity index is 0.00000338. The molecule has 1 saturated heterocycles. The maximum Gasteiger partial charge on any atom is 0.243 e. The van der Waals surface area contributed by atoms with Gasteiger partial charge in [0.15, 0.2) is 0 Å². The number of sulfonamides is 2. The second kappa shape index (κ2) is 8.81. The summed E-state index contributed by atoms with van der Waals surface area (Å²) in [6.07, 6.45) is 2.55. The first kappa shape index (κ1) is 23.1. The summed E-state index contributed by atoms with van der Waals surface area (Å²) in [5.74, 6) is -1.04. The lowest BCUT2D eigenvalue weighted by atomic mass is 9.99. The quantitative estimate of drug-likeness (QED) is 0.557. The van der Waals surface area contributed by atoms with Crippen molar-refractivity contribution < 1.29 is 26.0 Å². The van der Waals surface area contributed by atoms with Crippen molar-refractivity contribution >= 4 is 38.1 Å². The summed E-state index contributed by atoms with van der Waals surface area (Å²) in [7, 11) is -6.14. The van der Waals surface area contributed by atoms with E-state index in [0.717, 1.165) is 37.8 Å². The van der Waals surface area contributed by atoms with Gasteiger partial charge in [0, 0.05) is 13.7 Å². The molecule has 0 saturated carbocycles. The SMILES string of the molecule is COCC1(CNS(=O)(=O)c2ccc(NS(C)(=O)=O)cc2F)CCCN1.Cl. The molecule has 0 radical (unpaired) electrons. The van der Waals surface area contributed by atoms with Crippen molar-refractivity contribution in [3.8, 4) is 0 Å². The molecule has 1 aliphatic heterocycles. The smallest absolute Gasteiger partial charge is 0.243 e. The van der Waals surface area contributed by atoms with Gasteiger partial charge in [-0.05, 0) is 37.6 Å². The van der Waals surface area contributed by atoms with E-state index in [2.05, 4.69) is 14.8 Å². The zero-order valence-corrected chi connectivity index (χ0v) is 16.9. The third-order valence-electron chi connectivity index (χ3n) is 3.88. The fourth-order valence-electron chi connectivity index (χ4n) is 2.78. The Morgan fingerprint density at radius 3 is 2.50 bits per heavy atom. The first-order valence-electron chi connectivity index (χ1n) is 7.58. The molecule has 26 heavy (non-hydrogen) atoms. The third-order valence-corrected chi connectivity index (χ3v) is 5.92. The lowest BCUT2D eigenvalue weighted by Crippen LogP contribution is -2.52. The van der Waals surface area contributed by atoms with Gasteiger partial charge in [-0.3, -0.25) is 4.72 Å². The Morgan fingerprint density at radius 1 is 1.31 bits per heavy atom. The molecule has 0 aromatic heterocycles. The van der Waals surface area contributed by atoms with Crippen molar-refractivity contribution in [2.24, 2.45) is 0 Å². The molecule has 1 unspecified atom stereocenters. The van der Waals surface area contributed by atoms with Crippen molar-refractivity contribution in [3.63, 3.8) is 0 Å². The number of benzene rings is 1. The first-order valence-corrected chi connectivity index (χ1v) is 11.0. The fourth-order valence-corrected chi connectivity index (χ4v) is 4.52. The van der Waals surface area contributed by atoms with E-state index in [0.29, 0.717) is 6.61 Å². The van der Waals surface area contributed by atoms with Crippen molar-refractivity contribution in [2.75, 3.05) is 37.8 Å². The van der Waals surface area contributed by atoms with Crippen LogP contribution in [0.25, 0.3) is 0 Å². The molecule has 0 aliphatic carbocycles. The Labute approximate surface area is 159 Å². The summed E-state index contributed by atoms with van der Waals surface area (Å²) in [4.78, 5) is -0.544. The van der Waals surface area contributed by atoms with E-state index in [1.54, 1.807) is 0 Å². The van der Waals surface area contributed by atoms with Crippen LogP contribution in [0.3, 0.4) is 0 Å². The van der Waals surface area contributed by atoms with Crippen LogP contribution >= 0.6 is 12.4 Å². The van der Waals surface area contributed by atoms with Gasteiger partial charge in [0.2, 0.25) is 20.0 Å². The first-order chi connectivity index (χ1) is 11.6. The molecule has 2 rings (SSSR count). The van der Waals surface area contributed by atoms with Crippen LogP contribution in [0.15, 0.2) is 23.1 Å². The van der Waals surface area contributed by atoms with Gasteiger partial charge < -0.3 is 10.1 Å². The van der Waals surface area contributed by atoms with Crippen molar-refractivity contribution in [1.29, 1.82) is 0 Å². The van der Waals surface area contributed by atoms with Gasteiger partial charge in [0.25, 0.3) is 0 Å². The number of hydrogen-bond donors (Lipinski definition) is 3. The number of methoxy groups -OCH3 is 1. The standard InChI is InChI=1S/C14H22FN3O5S2.ClH/c1-23-10-14(6-3-7-16-14)9-17-25(21,22)13-5-4-11(8-12(13)15)18-24(2,19)20;/h4-5,8,16-18H,3,6-7,9-10H2,1-2H3;1H. The number of rotatable bonds is 8. The van der Waals surface area contributed by atoms with E-state index in [1.165, 1.54) is 13.2 Å². The van der Waals surface area contributed by atoms with Crippen LogP contribution < -0.4 is 14.8 Å². The average Bonchev–Trinajstić information content (AvgIpc) is 2.93. The molecule has 1 aliphatic rings. The summed E-state index contributed by atoms with van der Waals surface area (Å²) >= 11 is 0. The van der Waals surface area contributed by atoms with Gasteiger partial charge in [-0.2, -0.15) is 0 Å². The Morgan fingerprint density at radius 2 is 2.00 bits per heavy atom. The second-order valence-corrected chi connectivity index (χ2v) is 9.57. The predicted molar refractivity (Wildman–Crippen MR) is 99.1 cm³/mol. The maximum atomic E-state index is 14.2. The highest BCUT2D eigenvalue weighted by Crippen LogP contribution is 2.22. The summed E-state index contributed by atoms with van der Waals surface area (Å²) in [6, 6.07) is 3.04. The Hall–Kier alpha value is -0.980. The molecular weight excluding hydrogens is 409 g/mol. The zero-order valence-electron chi connectivity index (χ0n) is 14.4. The van der Waals surface area contributed by atoms with Crippen LogP contribution in [0.5, 0.6) is 0 Å². The van der Waals surface area contributed by atoms with Gasteiger partial charge in [0.1, 0.15) is 10.7 Å². The molecule has 1 fully saturated rings. The third kappa shape index (κ3) is 6.03. The van der Waals surface area contributed by atoms with Gasteiger partial charge >= 0.3 is 0 Å². The number of hydrogen-bond acceptors (Lipinski definition) is 6. The molecule has 0 amide bonds. The molecule has 1 atom stereocenters. The molecule has 150 valence electrons. The van der Waals surface area contributed by atoms with Gasteiger partial charge in [-0.15, -0.1) is 12.4 Å². The normalized spacial score (nSPS) is 20.6. The molecule has 8 nitrogen and oxygen atoms in total. The monoisotopic (exact) mass is 431 g/mol. The molecule has 0 bridgehead atoms. The summed E-state index contributed by atoms with van der Waals surface area (Å²) in [5.41, 5.74) is -0.567. The van der Waals surface area contributed by atoms with E-state index in [4.69, 9.17) is 4.74 Å². The molecule has 3 N–H and O–H groups in total. The van der Waals surface area contributed by atoms with Crippen LogP contribution in [0.4, 0.5) is 10.1 Å². The highest BCUT2D eigenvalue weighted by atomic mass is 35.5. The van der Waals surface area contributed by atoms with E-state index in [9.17, 15) is 21.2 Å². The van der Waals surface area contributed by atoms with Crippen LogP contribution in [0.1, 0.15) is 12.8 Å². The number of ether oxygens (including phenoxy) is 1. The molecule has 0 spiro atoms. The fraction of sp³-hybridized carbons (Fsp3) is 0.571. The van der Waals surface area contributed by atoms with E-state index < -0.39 is 36.3 Å². The topological polar surface area (TPSA) is 114 Å². The van der Waals surface area contributed by atoms with Crippen LogP contribution in [0.2, 0.25) is 0 Å². The van der Waals surface area contributed by atoms with Crippen LogP contribution in [0, 0.1) is 5.82 Å². The maximum absolute atomic E-state index is 14.2.